The SMILES string of the molecule is Nc1ccc(Oc2ccnc3cc(S(=O)O)sc23)c(F)c1. The highest BCUT2D eigenvalue weighted by atomic mass is 32.2. The molecule has 5 nitrogen and oxygen atoms in total. The van der Waals surface area contributed by atoms with Crippen LogP contribution < -0.4 is 10.5 Å². The van der Waals surface area contributed by atoms with E-state index in [2.05, 4.69) is 4.98 Å². The Morgan fingerprint density at radius 2 is 2.10 bits per heavy atom. The highest BCUT2D eigenvalue weighted by molar-refractivity contribution is 7.82. The number of rotatable bonds is 3. The van der Waals surface area contributed by atoms with E-state index in [1.54, 1.807) is 6.07 Å². The molecule has 0 saturated carbocycles. The highest BCUT2D eigenvalue weighted by Gasteiger charge is 2.13. The van der Waals surface area contributed by atoms with Gasteiger partial charge in [0.05, 0.1) is 10.2 Å². The van der Waals surface area contributed by atoms with Gasteiger partial charge in [-0.1, -0.05) is 0 Å². The number of hydrogen-bond donors (Lipinski definition) is 2. The first-order chi connectivity index (χ1) is 10.0. The van der Waals surface area contributed by atoms with Crippen molar-refractivity contribution in [3.05, 3.63) is 42.3 Å². The molecule has 0 spiro atoms. The van der Waals surface area contributed by atoms with E-state index in [4.69, 9.17) is 15.0 Å². The summed E-state index contributed by atoms with van der Waals surface area (Å²) in [5.41, 5.74) is 6.30. The molecule has 2 aromatic heterocycles. The number of fused-ring (bicyclic) bond motifs is 1. The summed E-state index contributed by atoms with van der Waals surface area (Å²) in [7, 11) is 0. The van der Waals surface area contributed by atoms with E-state index in [1.807, 2.05) is 0 Å². The zero-order chi connectivity index (χ0) is 15.0. The number of thiophene rings is 1. The van der Waals surface area contributed by atoms with Crippen LogP contribution in [0.4, 0.5) is 10.1 Å². The molecular weight excluding hydrogens is 315 g/mol. The van der Waals surface area contributed by atoms with Gasteiger partial charge in [0.2, 0.25) is 0 Å². The number of benzene rings is 1. The average molecular weight is 324 g/mol. The van der Waals surface area contributed by atoms with Crippen molar-refractivity contribution in [1.29, 1.82) is 0 Å². The topological polar surface area (TPSA) is 85.4 Å². The fourth-order valence-corrected chi connectivity index (χ4v) is 3.32. The van der Waals surface area contributed by atoms with Gasteiger partial charge >= 0.3 is 0 Å². The number of nitrogens with two attached hydrogens (primary N) is 1. The van der Waals surface area contributed by atoms with Gasteiger partial charge < -0.3 is 15.0 Å². The normalized spacial score (nSPS) is 12.5. The molecule has 1 unspecified atom stereocenters. The molecule has 1 atom stereocenters. The lowest BCUT2D eigenvalue weighted by Crippen LogP contribution is -1.91. The largest absolute Gasteiger partial charge is 0.453 e. The van der Waals surface area contributed by atoms with Crippen LogP contribution in [0.15, 0.2) is 40.7 Å². The standard InChI is InChI=1S/C13H9FN2O3S2/c14-8-5-7(15)1-2-10(8)19-11-3-4-16-9-6-12(21(17)18)20-13(9)11/h1-6H,15H2,(H,17,18). The van der Waals surface area contributed by atoms with Gasteiger partial charge in [0, 0.05) is 24.0 Å². The molecule has 21 heavy (non-hydrogen) atoms. The Morgan fingerprint density at radius 3 is 2.81 bits per heavy atom. The molecule has 8 heteroatoms. The van der Waals surface area contributed by atoms with Gasteiger partial charge in [-0.15, -0.1) is 11.3 Å². The second-order valence-electron chi connectivity index (χ2n) is 4.13. The molecular formula is C13H9FN2O3S2. The quantitative estimate of drug-likeness (QED) is 0.570. The maximum Gasteiger partial charge on any atom is 0.196 e. The van der Waals surface area contributed by atoms with Crippen LogP contribution in [-0.2, 0) is 11.1 Å². The second-order valence-corrected chi connectivity index (χ2v) is 6.38. The zero-order valence-electron chi connectivity index (χ0n) is 10.4. The van der Waals surface area contributed by atoms with Crippen molar-refractivity contribution in [2.45, 2.75) is 4.21 Å². The predicted molar refractivity (Wildman–Crippen MR) is 79.5 cm³/mol. The number of ether oxygens (including phenoxy) is 1. The van der Waals surface area contributed by atoms with Crippen molar-refractivity contribution in [2.24, 2.45) is 0 Å². The van der Waals surface area contributed by atoms with E-state index >= 15 is 0 Å². The third-order valence-corrected chi connectivity index (χ3v) is 4.77. The molecule has 0 bridgehead atoms. The van der Waals surface area contributed by atoms with Crippen LogP contribution in [-0.4, -0.2) is 13.7 Å². The predicted octanol–water partition coefficient (Wildman–Crippen LogP) is 3.39. The summed E-state index contributed by atoms with van der Waals surface area (Å²) < 4.78 is 40.4. The van der Waals surface area contributed by atoms with Gasteiger partial charge in [-0.3, -0.25) is 4.98 Å². The van der Waals surface area contributed by atoms with E-state index in [1.165, 1.54) is 24.4 Å². The van der Waals surface area contributed by atoms with Crippen LogP contribution >= 0.6 is 11.3 Å². The number of halogens is 1. The van der Waals surface area contributed by atoms with E-state index in [9.17, 15) is 8.60 Å². The zero-order valence-corrected chi connectivity index (χ0v) is 12.1. The van der Waals surface area contributed by atoms with Crippen molar-refractivity contribution in [2.75, 3.05) is 5.73 Å². The number of pyridine rings is 1. The third-order valence-electron chi connectivity index (χ3n) is 2.70. The van der Waals surface area contributed by atoms with Gasteiger partial charge in [-0.2, -0.15) is 0 Å². The molecule has 108 valence electrons. The van der Waals surface area contributed by atoms with Gasteiger partial charge in [0.25, 0.3) is 0 Å². The molecule has 0 aliphatic rings. The summed E-state index contributed by atoms with van der Waals surface area (Å²) in [4.78, 5) is 4.09. The van der Waals surface area contributed by atoms with E-state index in [0.29, 0.717) is 21.7 Å². The monoisotopic (exact) mass is 324 g/mol. The van der Waals surface area contributed by atoms with Crippen LogP contribution in [0.1, 0.15) is 0 Å². The van der Waals surface area contributed by atoms with Crippen LogP contribution in [0, 0.1) is 5.82 Å². The van der Waals surface area contributed by atoms with Gasteiger partial charge in [0.1, 0.15) is 9.96 Å². The molecule has 0 radical (unpaired) electrons. The van der Waals surface area contributed by atoms with E-state index in [-0.39, 0.29) is 9.96 Å². The molecule has 1 aromatic carbocycles. The van der Waals surface area contributed by atoms with Gasteiger partial charge in [-0.25, -0.2) is 8.60 Å². The fraction of sp³-hybridized carbons (Fsp3) is 0. The smallest absolute Gasteiger partial charge is 0.196 e. The molecule has 0 fully saturated rings. The molecule has 0 saturated heterocycles. The summed E-state index contributed by atoms with van der Waals surface area (Å²) >= 11 is -1.02. The minimum atomic E-state index is -2.09. The first-order valence-electron chi connectivity index (χ1n) is 5.77. The van der Waals surface area contributed by atoms with Crippen molar-refractivity contribution in [1.82, 2.24) is 4.98 Å². The number of hydrogen-bond acceptors (Lipinski definition) is 5. The molecule has 0 aliphatic carbocycles. The first kappa shape index (κ1) is 13.9. The molecule has 0 amide bonds. The Hall–Kier alpha value is -2.03. The summed E-state index contributed by atoms with van der Waals surface area (Å²) in [6.45, 7) is 0. The van der Waals surface area contributed by atoms with Crippen molar-refractivity contribution >= 4 is 38.3 Å². The minimum Gasteiger partial charge on any atom is -0.453 e. The molecule has 3 rings (SSSR count). The fourth-order valence-electron chi connectivity index (χ4n) is 1.78. The lowest BCUT2D eigenvalue weighted by Gasteiger charge is -2.07. The number of aromatic nitrogens is 1. The van der Waals surface area contributed by atoms with Crippen LogP contribution in [0.5, 0.6) is 11.5 Å². The molecule has 3 N–H and O–H groups in total. The lowest BCUT2D eigenvalue weighted by atomic mass is 10.3. The van der Waals surface area contributed by atoms with Crippen LogP contribution in [0.3, 0.4) is 0 Å². The maximum absolute atomic E-state index is 13.8. The minimum absolute atomic E-state index is 0.0248. The number of nitrogen functional groups attached to an aromatic ring is 1. The summed E-state index contributed by atoms with van der Waals surface area (Å²) in [6.07, 6.45) is 1.49. The average Bonchev–Trinajstić information content (AvgIpc) is 2.87. The highest BCUT2D eigenvalue weighted by Crippen LogP contribution is 2.36. The third kappa shape index (κ3) is 2.73. The van der Waals surface area contributed by atoms with E-state index in [0.717, 1.165) is 17.4 Å². The lowest BCUT2D eigenvalue weighted by molar-refractivity contribution is 0.447. The summed E-state index contributed by atoms with van der Waals surface area (Å²) in [6, 6.07) is 7.19. The van der Waals surface area contributed by atoms with Gasteiger partial charge in [-0.05, 0) is 18.2 Å². The molecule has 0 aliphatic heterocycles. The van der Waals surface area contributed by atoms with Crippen molar-refractivity contribution in [3.63, 3.8) is 0 Å². The summed E-state index contributed by atoms with van der Waals surface area (Å²) in [5.74, 6) is -0.190. The Bertz CT molecular complexity index is 851. The van der Waals surface area contributed by atoms with Crippen LogP contribution in [0.2, 0.25) is 0 Å². The van der Waals surface area contributed by atoms with Crippen molar-refractivity contribution in [3.8, 4) is 11.5 Å². The number of anilines is 1. The van der Waals surface area contributed by atoms with Crippen molar-refractivity contribution < 1.29 is 17.9 Å². The Morgan fingerprint density at radius 1 is 1.29 bits per heavy atom. The molecule has 2 heterocycles. The van der Waals surface area contributed by atoms with Gasteiger partial charge in [0.15, 0.2) is 22.6 Å². The molecule has 3 aromatic rings. The van der Waals surface area contributed by atoms with E-state index < -0.39 is 16.9 Å². The maximum atomic E-state index is 13.8. The Kier molecular flexibility index (Phi) is 3.58. The van der Waals surface area contributed by atoms with Crippen LogP contribution in [0.25, 0.3) is 10.2 Å². The second kappa shape index (κ2) is 5.40. The summed E-state index contributed by atoms with van der Waals surface area (Å²) in [5, 5.41) is 0. The Balaban J connectivity index is 2.06. The Labute approximate surface area is 125 Å². The number of nitrogens with zero attached hydrogens (tertiary/aromatic N) is 1. The first-order valence-corrected chi connectivity index (χ1v) is 7.69.